The first-order valence-corrected chi connectivity index (χ1v) is 4.59. The van der Waals surface area contributed by atoms with Gasteiger partial charge in [-0.25, -0.2) is 0 Å². The van der Waals surface area contributed by atoms with Gasteiger partial charge in [0.15, 0.2) is 0 Å². The number of nitrogens with zero attached hydrogens (tertiary/aromatic N) is 1. The molecule has 0 unspecified atom stereocenters. The molecule has 1 N–H and O–H groups in total. The molecule has 0 bridgehead atoms. The molecule has 1 saturated heterocycles. The number of piperazine rings is 1. The van der Waals surface area contributed by atoms with Crippen LogP contribution >= 0.6 is 0 Å². The minimum absolute atomic E-state index is 0.0270. The van der Waals surface area contributed by atoms with Crippen molar-refractivity contribution in [2.24, 2.45) is 0 Å². The van der Waals surface area contributed by atoms with Gasteiger partial charge in [-0.15, -0.1) is 0 Å². The smallest absolute Gasteiger partial charge is 0.237 e. The fourth-order valence-electron chi connectivity index (χ4n) is 1.44. The van der Waals surface area contributed by atoms with E-state index in [1.165, 1.54) is 0 Å². The third-order valence-corrected chi connectivity index (χ3v) is 2.69. The molecule has 0 aliphatic carbocycles. The Labute approximate surface area is 74.1 Å². The first-order valence-electron chi connectivity index (χ1n) is 4.59. The Morgan fingerprint density at radius 3 is 2.75 bits per heavy atom. The van der Waals surface area contributed by atoms with Crippen LogP contribution in [0.3, 0.4) is 0 Å². The van der Waals surface area contributed by atoms with Crippen molar-refractivity contribution in [2.45, 2.75) is 32.7 Å². The number of hydrogen-bond acceptors (Lipinski definition) is 2. The van der Waals surface area contributed by atoms with Gasteiger partial charge < -0.3 is 10.2 Å². The average Bonchev–Trinajstić information content (AvgIpc) is 2.05. The first kappa shape index (κ1) is 9.52. The van der Waals surface area contributed by atoms with E-state index in [1.807, 2.05) is 4.90 Å². The summed E-state index contributed by atoms with van der Waals surface area (Å²) in [6, 6.07) is 0. The van der Waals surface area contributed by atoms with E-state index in [1.54, 1.807) is 0 Å². The molecule has 0 spiro atoms. The predicted octanol–water partition coefficient (Wildman–Crippen LogP) is 0.607. The molecule has 3 heteroatoms. The van der Waals surface area contributed by atoms with E-state index in [0.29, 0.717) is 6.54 Å². The molecule has 0 aromatic heterocycles. The topological polar surface area (TPSA) is 32.3 Å². The second-order valence-corrected chi connectivity index (χ2v) is 3.89. The fraction of sp³-hybridized carbons (Fsp3) is 0.889. The van der Waals surface area contributed by atoms with Crippen molar-refractivity contribution in [3.05, 3.63) is 0 Å². The molecule has 1 aliphatic heterocycles. The van der Waals surface area contributed by atoms with Gasteiger partial charge in [-0.3, -0.25) is 4.79 Å². The second-order valence-electron chi connectivity index (χ2n) is 3.89. The molecule has 3 nitrogen and oxygen atoms in total. The number of amides is 1. The summed E-state index contributed by atoms with van der Waals surface area (Å²) in [7, 11) is 0. The Bertz CT molecular complexity index is 177. The van der Waals surface area contributed by atoms with Crippen molar-refractivity contribution in [3.63, 3.8) is 0 Å². The van der Waals surface area contributed by atoms with Crippen LogP contribution in [0.15, 0.2) is 0 Å². The van der Waals surface area contributed by atoms with E-state index in [2.05, 4.69) is 26.1 Å². The van der Waals surface area contributed by atoms with Gasteiger partial charge in [0, 0.05) is 18.6 Å². The molecule has 0 radical (unpaired) electrons. The Morgan fingerprint density at radius 1 is 1.58 bits per heavy atom. The quantitative estimate of drug-likeness (QED) is 0.658. The fourth-order valence-corrected chi connectivity index (χ4v) is 1.44. The molecule has 0 aromatic rings. The van der Waals surface area contributed by atoms with Crippen molar-refractivity contribution >= 4 is 5.91 Å². The zero-order valence-corrected chi connectivity index (χ0v) is 8.18. The molecule has 0 aromatic carbocycles. The molecule has 0 atom stereocenters. The highest BCUT2D eigenvalue weighted by molar-refractivity contribution is 5.79. The summed E-state index contributed by atoms with van der Waals surface area (Å²) < 4.78 is 0. The van der Waals surface area contributed by atoms with Crippen molar-refractivity contribution in [1.29, 1.82) is 0 Å². The van der Waals surface area contributed by atoms with Crippen LogP contribution in [-0.2, 0) is 4.79 Å². The van der Waals surface area contributed by atoms with Crippen molar-refractivity contribution in [3.8, 4) is 0 Å². The molecule has 0 saturated carbocycles. The minimum Gasteiger partial charge on any atom is -0.335 e. The summed E-state index contributed by atoms with van der Waals surface area (Å²) >= 11 is 0. The maximum Gasteiger partial charge on any atom is 0.237 e. The van der Waals surface area contributed by atoms with Crippen LogP contribution < -0.4 is 5.32 Å². The number of carbonyl (C=O) groups is 1. The summed E-state index contributed by atoms with van der Waals surface area (Å²) in [5.74, 6) is 0.230. The summed E-state index contributed by atoms with van der Waals surface area (Å²) in [5.41, 5.74) is 0.0270. The molecule has 70 valence electrons. The second kappa shape index (κ2) is 3.44. The van der Waals surface area contributed by atoms with E-state index >= 15 is 0 Å². The van der Waals surface area contributed by atoms with Gasteiger partial charge in [-0.1, -0.05) is 6.92 Å². The third kappa shape index (κ3) is 1.78. The maximum absolute atomic E-state index is 11.5. The molecule has 1 aliphatic rings. The highest BCUT2D eigenvalue weighted by atomic mass is 16.2. The minimum atomic E-state index is 0.0270. The number of rotatable bonds is 2. The van der Waals surface area contributed by atoms with Crippen molar-refractivity contribution in [2.75, 3.05) is 19.6 Å². The van der Waals surface area contributed by atoms with Gasteiger partial charge in [0.05, 0.1) is 6.54 Å². The first-order chi connectivity index (χ1) is 5.58. The highest BCUT2D eigenvalue weighted by Crippen LogP contribution is 2.18. The van der Waals surface area contributed by atoms with E-state index < -0.39 is 0 Å². The lowest BCUT2D eigenvalue weighted by atomic mass is 9.98. The summed E-state index contributed by atoms with van der Waals surface area (Å²) in [6.45, 7) is 8.64. The van der Waals surface area contributed by atoms with E-state index in [4.69, 9.17) is 0 Å². The molecular weight excluding hydrogens is 152 g/mol. The highest BCUT2D eigenvalue weighted by Gasteiger charge is 2.30. The monoisotopic (exact) mass is 170 g/mol. The molecular formula is C9H18N2O. The Hall–Kier alpha value is -0.570. The number of nitrogens with one attached hydrogen (secondary N) is 1. The largest absolute Gasteiger partial charge is 0.335 e. The van der Waals surface area contributed by atoms with Crippen LogP contribution in [0.2, 0.25) is 0 Å². The van der Waals surface area contributed by atoms with Crippen LogP contribution in [0.1, 0.15) is 27.2 Å². The average molecular weight is 170 g/mol. The normalized spacial score (nSPS) is 19.9. The van der Waals surface area contributed by atoms with Gasteiger partial charge in [0.25, 0.3) is 0 Å². The standard InChI is InChI=1S/C9H18N2O/c1-4-9(2,3)11-6-5-10-7-8(11)12/h10H,4-7H2,1-3H3. The molecule has 12 heavy (non-hydrogen) atoms. The Morgan fingerprint density at radius 2 is 2.25 bits per heavy atom. The molecule has 1 rings (SSSR count). The molecule has 1 heterocycles. The van der Waals surface area contributed by atoms with Crippen LogP contribution in [0.4, 0.5) is 0 Å². The van der Waals surface area contributed by atoms with Crippen LogP contribution in [0.25, 0.3) is 0 Å². The lowest BCUT2D eigenvalue weighted by molar-refractivity contribution is -0.137. The predicted molar refractivity (Wildman–Crippen MR) is 49.0 cm³/mol. The van der Waals surface area contributed by atoms with Gasteiger partial charge in [-0.05, 0) is 20.3 Å². The van der Waals surface area contributed by atoms with Gasteiger partial charge in [0.2, 0.25) is 5.91 Å². The van der Waals surface area contributed by atoms with Gasteiger partial charge >= 0.3 is 0 Å². The van der Waals surface area contributed by atoms with Gasteiger partial charge in [0.1, 0.15) is 0 Å². The van der Waals surface area contributed by atoms with Crippen molar-refractivity contribution in [1.82, 2.24) is 10.2 Å². The zero-order valence-electron chi connectivity index (χ0n) is 8.18. The van der Waals surface area contributed by atoms with Crippen LogP contribution in [0, 0.1) is 0 Å². The number of carbonyl (C=O) groups excluding carboxylic acids is 1. The molecule has 1 amide bonds. The van der Waals surface area contributed by atoms with E-state index in [9.17, 15) is 4.79 Å². The Balaban J connectivity index is 2.65. The lowest BCUT2D eigenvalue weighted by Gasteiger charge is -2.40. The SMILES string of the molecule is CCC(C)(C)N1CCNCC1=O. The molecule has 1 fully saturated rings. The summed E-state index contributed by atoms with van der Waals surface area (Å²) in [4.78, 5) is 13.4. The van der Waals surface area contributed by atoms with E-state index in [0.717, 1.165) is 19.5 Å². The Kier molecular flexibility index (Phi) is 2.73. The summed E-state index contributed by atoms with van der Waals surface area (Å²) in [5, 5.41) is 3.07. The third-order valence-electron chi connectivity index (χ3n) is 2.69. The van der Waals surface area contributed by atoms with Crippen LogP contribution in [-0.4, -0.2) is 36.0 Å². The number of hydrogen-bond donors (Lipinski definition) is 1. The van der Waals surface area contributed by atoms with Crippen molar-refractivity contribution < 1.29 is 4.79 Å². The van der Waals surface area contributed by atoms with Crippen LogP contribution in [0.5, 0.6) is 0 Å². The zero-order chi connectivity index (χ0) is 9.19. The maximum atomic E-state index is 11.5. The summed E-state index contributed by atoms with van der Waals surface area (Å²) in [6.07, 6.45) is 1.01. The lowest BCUT2D eigenvalue weighted by Crippen LogP contribution is -2.56. The van der Waals surface area contributed by atoms with Gasteiger partial charge in [-0.2, -0.15) is 0 Å². The van der Waals surface area contributed by atoms with E-state index in [-0.39, 0.29) is 11.4 Å².